The molecule has 0 unspecified atom stereocenters. The molecule has 0 aliphatic carbocycles. The average molecular weight is 299 g/mol. The van der Waals surface area contributed by atoms with E-state index < -0.39 is 0 Å². The van der Waals surface area contributed by atoms with Gasteiger partial charge in [0.1, 0.15) is 10.8 Å². The first-order valence-corrected chi connectivity index (χ1v) is 7.32. The number of rotatable bonds is 4. The summed E-state index contributed by atoms with van der Waals surface area (Å²) in [5.41, 5.74) is 1.78. The lowest BCUT2D eigenvalue weighted by Crippen LogP contribution is -2.21. The van der Waals surface area contributed by atoms with Crippen molar-refractivity contribution >= 4 is 22.9 Å². The molecule has 0 saturated heterocycles. The summed E-state index contributed by atoms with van der Waals surface area (Å²) in [6, 6.07) is 4.83. The first-order valence-electron chi connectivity index (χ1n) is 6.12. The van der Waals surface area contributed by atoms with Gasteiger partial charge in [-0.05, 0) is 25.1 Å². The molecular formula is C14H16ClFN2S. The molecular weight excluding hydrogens is 283 g/mol. The molecule has 0 atom stereocenters. The Bertz CT molecular complexity index is 581. The molecule has 0 aliphatic heterocycles. The van der Waals surface area contributed by atoms with Crippen molar-refractivity contribution in [3.63, 3.8) is 0 Å². The van der Waals surface area contributed by atoms with E-state index in [0.717, 1.165) is 22.8 Å². The highest BCUT2D eigenvalue weighted by Gasteiger charge is 2.12. The zero-order valence-electron chi connectivity index (χ0n) is 11.1. The normalized spacial score (nSPS) is 11.3. The van der Waals surface area contributed by atoms with Gasteiger partial charge in [0, 0.05) is 23.0 Å². The average Bonchev–Trinajstić information content (AvgIpc) is 2.67. The second kappa shape index (κ2) is 5.99. The Balaban J connectivity index is 2.28. The lowest BCUT2D eigenvalue weighted by Gasteiger charge is -2.05. The summed E-state index contributed by atoms with van der Waals surface area (Å²) in [7, 11) is 0. The minimum absolute atomic E-state index is 0.330. The van der Waals surface area contributed by atoms with Crippen LogP contribution in [0.25, 0.3) is 10.6 Å². The van der Waals surface area contributed by atoms with E-state index in [0.29, 0.717) is 11.1 Å². The summed E-state index contributed by atoms with van der Waals surface area (Å²) in [5.74, 6) is -0.330. The van der Waals surface area contributed by atoms with Crippen LogP contribution >= 0.6 is 22.9 Å². The van der Waals surface area contributed by atoms with Crippen molar-refractivity contribution in [3.8, 4) is 10.6 Å². The predicted molar refractivity (Wildman–Crippen MR) is 79.2 cm³/mol. The first-order chi connectivity index (χ1) is 8.97. The van der Waals surface area contributed by atoms with Crippen LogP contribution in [-0.2, 0) is 6.54 Å². The number of hydrogen-bond donors (Lipinski definition) is 1. The third-order valence-corrected chi connectivity index (χ3v) is 4.23. The van der Waals surface area contributed by atoms with Crippen molar-refractivity contribution in [2.45, 2.75) is 33.4 Å². The minimum Gasteiger partial charge on any atom is -0.310 e. The van der Waals surface area contributed by atoms with E-state index in [1.807, 2.05) is 6.92 Å². The van der Waals surface area contributed by atoms with Gasteiger partial charge in [-0.25, -0.2) is 9.37 Å². The molecule has 0 bridgehead atoms. The Morgan fingerprint density at radius 2 is 2.16 bits per heavy atom. The fourth-order valence-corrected chi connectivity index (χ4v) is 3.03. The van der Waals surface area contributed by atoms with Gasteiger partial charge >= 0.3 is 0 Å². The van der Waals surface area contributed by atoms with E-state index in [2.05, 4.69) is 24.1 Å². The van der Waals surface area contributed by atoms with Crippen LogP contribution in [0.4, 0.5) is 4.39 Å². The highest BCUT2D eigenvalue weighted by atomic mass is 35.5. The van der Waals surface area contributed by atoms with Gasteiger partial charge in [-0.1, -0.05) is 25.4 Å². The third kappa shape index (κ3) is 3.53. The maximum absolute atomic E-state index is 13.0. The maximum atomic E-state index is 13.0. The molecule has 0 fully saturated rings. The quantitative estimate of drug-likeness (QED) is 0.904. The molecule has 2 rings (SSSR count). The first kappa shape index (κ1) is 14.4. The van der Waals surface area contributed by atoms with Gasteiger partial charge in [-0.3, -0.25) is 0 Å². The van der Waals surface area contributed by atoms with Crippen LogP contribution in [-0.4, -0.2) is 11.0 Å². The Morgan fingerprint density at radius 3 is 2.79 bits per heavy atom. The molecule has 2 nitrogen and oxygen atoms in total. The molecule has 1 aromatic heterocycles. The molecule has 0 saturated carbocycles. The van der Waals surface area contributed by atoms with E-state index in [1.54, 1.807) is 17.4 Å². The number of benzene rings is 1. The molecule has 102 valence electrons. The molecule has 0 radical (unpaired) electrons. The van der Waals surface area contributed by atoms with Gasteiger partial charge in [0.25, 0.3) is 0 Å². The number of aryl methyl sites for hydroxylation is 1. The van der Waals surface area contributed by atoms with Crippen LogP contribution < -0.4 is 5.32 Å². The number of aromatic nitrogens is 1. The van der Waals surface area contributed by atoms with Gasteiger partial charge < -0.3 is 5.32 Å². The van der Waals surface area contributed by atoms with Crippen LogP contribution in [0.5, 0.6) is 0 Å². The molecule has 5 heteroatoms. The Hall–Kier alpha value is -0.970. The fraction of sp³-hybridized carbons (Fsp3) is 0.357. The summed E-state index contributed by atoms with van der Waals surface area (Å²) in [6.07, 6.45) is 0. The number of halogens is 2. The summed E-state index contributed by atoms with van der Waals surface area (Å²) >= 11 is 7.66. The highest BCUT2D eigenvalue weighted by molar-refractivity contribution is 7.15. The summed E-state index contributed by atoms with van der Waals surface area (Å²) < 4.78 is 13.0. The van der Waals surface area contributed by atoms with Crippen LogP contribution in [0.15, 0.2) is 18.2 Å². The zero-order valence-corrected chi connectivity index (χ0v) is 12.7. The number of hydrogen-bond acceptors (Lipinski definition) is 3. The van der Waals surface area contributed by atoms with E-state index in [-0.39, 0.29) is 5.82 Å². The van der Waals surface area contributed by atoms with E-state index in [4.69, 9.17) is 11.6 Å². The van der Waals surface area contributed by atoms with Crippen molar-refractivity contribution < 1.29 is 4.39 Å². The van der Waals surface area contributed by atoms with Crippen molar-refractivity contribution in [1.82, 2.24) is 10.3 Å². The largest absolute Gasteiger partial charge is 0.310 e. The van der Waals surface area contributed by atoms with Gasteiger partial charge in [-0.2, -0.15) is 0 Å². The third-order valence-electron chi connectivity index (χ3n) is 2.73. The number of nitrogens with one attached hydrogen (secondary N) is 1. The summed E-state index contributed by atoms with van der Waals surface area (Å²) in [4.78, 5) is 5.71. The van der Waals surface area contributed by atoms with Crippen molar-refractivity contribution in [3.05, 3.63) is 39.6 Å². The Morgan fingerprint density at radius 1 is 1.42 bits per heavy atom. The van der Waals surface area contributed by atoms with Gasteiger partial charge in [0.15, 0.2) is 0 Å². The smallest absolute Gasteiger partial charge is 0.125 e. The molecule has 1 aromatic carbocycles. The highest BCUT2D eigenvalue weighted by Crippen LogP contribution is 2.33. The SMILES string of the molecule is Cc1nc(-c2ccc(F)cc2Cl)sc1CNC(C)C. The lowest BCUT2D eigenvalue weighted by atomic mass is 10.2. The van der Waals surface area contributed by atoms with Gasteiger partial charge in [-0.15, -0.1) is 11.3 Å². The Labute approximate surface area is 121 Å². The van der Waals surface area contributed by atoms with E-state index >= 15 is 0 Å². The summed E-state index contributed by atoms with van der Waals surface area (Å²) in [6.45, 7) is 6.98. The zero-order chi connectivity index (χ0) is 14.0. The molecule has 1 heterocycles. The summed E-state index contributed by atoms with van der Waals surface area (Å²) in [5, 5.41) is 4.60. The molecule has 2 aromatic rings. The van der Waals surface area contributed by atoms with E-state index in [9.17, 15) is 4.39 Å². The number of nitrogens with zero attached hydrogens (tertiary/aromatic N) is 1. The molecule has 19 heavy (non-hydrogen) atoms. The fourth-order valence-electron chi connectivity index (χ4n) is 1.67. The second-order valence-corrected chi connectivity index (χ2v) is 6.18. The van der Waals surface area contributed by atoms with Crippen molar-refractivity contribution in [2.24, 2.45) is 0 Å². The van der Waals surface area contributed by atoms with Crippen LogP contribution in [0.1, 0.15) is 24.4 Å². The molecule has 1 N–H and O–H groups in total. The van der Waals surface area contributed by atoms with Crippen LogP contribution in [0.3, 0.4) is 0 Å². The standard InChI is InChI=1S/C14H16ClFN2S/c1-8(2)17-7-13-9(3)18-14(19-13)11-5-4-10(16)6-12(11)15/h4-6,8,17H,7H2,1-3H3. The van der Waals surface area contributed by atoms with Gasteiger partial charge in [0.2, 0.25) is 0 Å². The van der Waals surface area contributed by atoms with E-state index in [1.165, 1.54) is 17.0 Å². The lowest BCUT2D eigenvalue weighted by molar-refractivity contribution is 0.591. The second-order valence-electron chi connectivity index (χ2n) is 4.69. The molecule has 0 amide bonds. The number of thiazole rings is 1. The molecule has 0 spiro atoms. The van der Waals surface area contributed by atoms with Crippen molar-refractivity contribution in [1.29, 1.82) is 0 Å². The molecule has 0 aliphatic rings. The van der Waals surface area contributed by atoms with Crippen LogP contribution in [0.2, 0.25) is 5.02 Å². The topological polar surface area (TPSA) is 24.9 Å². The van der Waals surface area contributed by atoms with Crippen molar-refractivity contribution in [2.75, 3.05) is 0 Å². The monoisotopic (exact) mass is 298 g/mol. The maximum Gasteiger partial charge on any atom is 0.125 e. The van der Waals surface area contributed by atoms with Gasteiger partial charge in [0.05, 0.1) is 10.7 Å². The van der Waals surface area contributed by atoms with Crippen LogP contribution in [0, 0.1) is 12.7 Å². The minimum atomic E-state index is -0.330. The Kier molecular flexibility index (Phi) is 4.55. The predicted octanol–water partition coefficient (Wildman–Crippen LogP) is 4.41.